The van der Waals surface area contributed by atoms with E-state index in [4.69, 9.17) is 4.74 Å². The summed E-state index contributed by atoms with van der Waals surface area (Å²) in [6.07, 6.45) is -0.0580. The van der Waals surface area contributed by atoms with E-state index in [0.717, 1.165) is 4.90 Å². The number of hydrogen-bond donors (Lipinski definition) is 1. The molecular weight excluding hydrogens is 409 g/mol. The summed E-state index contributed by atoms with van der Waals surface area (Å²) >= 11 is 1.19. The Kier molecular flexibility index (Phi) is 5.28. The van der Waals surface area contributed by atoms with Crippen LogP contribution in [0.3, 0.4) is 0 Å². The number of anilines is 1. The Morgan fingerprint density at radius 3 is 2.50 bits per heavy atom. The van der Waals surface area contributed by atoms with Gasteiger partial charge < -0.3 is 10.1 Å². The highest BCUT2D eigenvalue weighted by molar-refractivity contribution is 7.14. The quantitative estimate of drug-likeness (QED) is 0.610. The van der Waals surface area contributed by atoms with Crippen LogP contribution in [0.1, 0.15) is 27.1 Å². The maximum atomic E-state index is 13.9. The molecule has 0 saturated heterocycles. The molecule has 1 aliphatic rings. The predicted octanol–water partition coefficient (Wildman–Crippen LogP) is 3.58. The van der Waals surface area contributed by atoms with Gasteiger partial charge in [-0.2, -0.15) is 0 Å². The molecule has 1 aliphatic heterocycles. The van der Waals surface area contributed by atoms with Gasteiger partial charge in [-0.15, -0.1) is 11.3 Å². The van der Waals surface area contributed by atoms with Crippen LogP contribution in [-0.4, -0.2) is 41.3 Å². The molecule has 1 N–H and O–H groups in total. The Labute approximate surface area is 175 Å². The number of carbonyl (C=O) groups is 3. The molecule has 30 heavy (non-hydrogen) atoms. The zero-order valence-corrected chi connectivity index (χ0v) is 16.7. The van der Waals surface area contributed by atoms with E-state index in [2.05, 4.69) is 10.3 Å². The molecule has 0 radical (unpaired) electrons. The second kappa shape index (κ2) is 8.03. The first-order chi connectivity index (χ1) is 14.5. The molecular formula is C21H16FN3O4S. The van der Waals surface area contributed by atoms with Gasteiger partial charge in [-0.1, -0.05) is 12.1 Å². The summed E-state index contributed by atoms with van der Waals surface area (Å²) in [6.45, 7) is -0.0277. The fraction of sp³-hybridized carbons (Fsp3) is 0.143. The molecule has 2 aromatic carbocycles. The van der Waals surface area contributed by atoms with Crippen LogP contribution in [0.5, 0.6) is 5.75 Å². The highest BCUT2D eigenvalue weighted by atomic mass is 32.1. The van der Waals surface area contributed by atoms with Gasteiger partial charge in [-0.3, -0.25) is 19.3 Å². The molecule has 0 unspecified atom stereocenters. The van der Waals surface area contributed by atoms with Crippen molar-refractivity contribution in [1.82, 2.24) is 9.88 Å². The van der Waals surface area contributed by atoms with Crippen molar-refractivity contribution < 1.29 is 23.5 Å². The van der Waals surface area contributed by atoms with E-state index in [0.29, 0.717) is 27.5 Å². The number of thiazole rings is 1. The van der Waals surface area contributed by atoms with Crippen LogP contribution in [0.15, 0.2) is 47.8 Å². The third kappa shape index (κ3) is 3.67. The minimum absolute atomic E-state index is 0.0277. The molecule has 3 amide bonds. The summed E-state index contributed by atoms with van der Waals surface area (Å²) in [6, 6.07) is 11.0. The van der Waals surface area contributed by atoms with E-state index in [9.17, 15) is 18.8 Å². The van der Waals surface area contributed by atoms with Gasteiger partial charge in [-0.25, -0.2) is 9.37 Å². The smallest absolute Gasteiger partial charge is 0.261 e. The van der Waals surface area contributed by atoms with Crippen molar-refractivity contribution >= 4 is 34.2 Å². The molecule has 4 rings (SSSR count). The average molecular weight is 425 g/mol. The van der Waals surface area contributed by atoms with E-state index >= 15 is 0 Å². The highest BCUT2D eigenvalue weighted by Gasteiger charge is 2.34. The molecule has 0 saturated carbocycles. The number of methoxy groups -OCH3 is 1. The maximum absolute atomic E-state index is 13.9. The number of benzene rings is 2. The predicted molar refractivity (Wildman–Crippen MR) is 109 cm³/mol. The number of rotatable bonds is 6. The minimum atomic E-state index is -0.505. The second-order valence-electron chi connectivity index (χ2n) is 6.49. The molecule has 0 atom stereocenters. The molecule has 152 valence electrons. The summed E-state index contributed by atoms with van der Waals surface area (Å²) in [7, 11) is 1.39. The standard InChI is InChI=1S/C21H16FN3O4S/c1-29-17-7-6-12(10-15(17)22)16-11-30-21(23-16)24-18(26)8-9-25-19(27)13-4-2-3-5-14(13)20(25)28/h2-7,10-11H,8-9H2,1H3,(H,23,24,26). The number of nitrogens with zero attached hydrogens (tertiary/aromatic N) is 2. The van der Waals surface area contributed by atoms with E-state index < -0.39 is 17.6 Å². The van der Waals surface area contributed by atoms with E-state index in [-0.39, 0.29) is 24.6 Å². The molecule has 0 aliphatic carbocycles. The van der Waals surface area contributed by atoms with Crippen LogP contribution < -0.4 is 10.1 Å². The van der Waals surface area contributed by atoms with E-state index in [1.165, 1.54) is 30.6 Å². The van der Waals surface area contributed by atoms with Gasteiger partial charge in [-0.05, 0) is 30.3 Å². The number of carbonyl (C=O) groups excluding carboxylic acids is 3. The number of amides is 3. The average Bonchev–Trinajstić information content (AvgIpc) is 3.30. The fourth-order valence-corrected chi connectivity index (χ4v) is 3.86. The highest BCUT2D eigenvalue weighted by Crippen LogP contribution is 2.28. The number of nitrogens with one attached hydrogen (secondary N) is 1. The van der Waals surface area contributed by atoms with Crippen molar-refractivity contribution in [3.63, 3.8) is 0 Å². The summed E-state index contributed by atoms with van der Waals surface area (Å²) in [4.78, 5) is 42.3. The van der Waals surface area contributed by atoms with Crippen LogP contribution in [0.4, 0.5) is 9.52 Å². The Bertz CT molecular complexity index is 1130. The van der Waals surface area contributed by atoms with Gasteiger partial charge >= 0.3 is 0 Å². The fourth-order valence-electron chi connectivity index (χ4n) is 3.13. The van der Waals surface area contributed by atoms with Crippen molar-refractivity contribution in [1.29, 1.82) is 0 Å². The number of ether oxygens (including phenoxy) is 1. The Hall–Kier alpha value is -3.59. The van der Waals surface area contributed by atoms with E-state index in [1.54, 1.807) is 35.7 Å². The number of hydrogen-bond acceptors (Lipinski definition) is 6. The molecule has 3 aromatic rings. The van der Waals surface area contributed by atoms with Crippen molar-refractivity contribution in [2.75, 3.05) is 19.0 Å². The van der Waals surface area contributed by atoms with Crippen molar-refractivity contribution in [3.8, 4) is 17.0 Å². The van der Waals surface area contributed by atoms with Gasteiger partial charge in [0.15, 0.2) is 16.7 Å². The first kappa shape index (κ1) is 19.7. The van der Waals surface area contributed by atoms with Crippen LogP contribution in [0.2, 0.25) is 0 Å². The summed E-state index contributed by atoms with van der Waals surface area (Å²) in [5, 5.41) is 4.68. The lowest BCUT2D eigenvalue weighted by molar-refractivity contribution is -0.116. The monoisotopic (exact) mass is 425 g/mol. The number of imide groups is 1. The van der Waals surface area contributed by atoms with Gasteiger partial charge in [0, 0.05) is 23.9 Å². The number of halogens is 1. The lowest BCUT2D eigenvalue weighted by Gasteiger charge is -2.12. The van der Waals surface area contributed by atoms with E-state index in [1.807, 2.05) is 0 Å². The molecule has 0 bridgehead atoms. The van der Waals surface area contributed by atoms with Crippen LogP contribution in [0, 0.1) is 5.82 Å². The Morgan fingerprint density at radius 2 is 1.87 bits per heavy atom. The number of fused-ring (bicyclic) bond motifs is 1. The molecule has 2 heterocycles. The van der Waals surface area contributed by atoms with Crippen molar-refractivity contribution in [2.45, 2.75) is 6.42 Å². The lowest BCUT2D eigenvalue weighted by Crippen LogP contribution is -2.32. The summed E-state index contributed by atoms with van der Waals surface area (Å²) in [5.41, 5.74) is 1.76. The third-order valence-corrected chi connectivity index (χ3v) is 5.40. The lowest BCUT2D eigenvalue weighted by atomic mass is 10.1. The zero-order chi connectivity index (χ0) is 21.3. The maximum Gasteiger partial charge on any atom is 0.261 e. The molecule has 1 aromatic heterocycles. The molecule has 9 heteroatoms. The molecule has 0 fully saturated rings. The second-order valence-corrected chi connectivity index (χ2v) is 7.35. The first-order valence-electron chi connectivity index (χ1n) is 9.02. The van der Waals surface area contributed by atoms with Crippen molar-refractivity contribution in [2.24, 2.45) is 0 Å². The van der Waals surface area contributed by atoms with Crippen molar-refractivity contribution in [3.05, 3.63) is 64.8 Å². The molecule has 7 nitrogen and oxygen atoms in total. The van der Waals surface area contributed by atoms with Crippen LogP contribution in [-0.2, 0) is 4.79 Å². The first-order valence-corrected chi connectivity index (χ1v) is 9.90. The number of aromatic nitrogens is 1. The summed E-state index contributed by atoms with van der Waals surface area (Å²) in [5.74, 6) is -1.55. The summed E-state index contributed by atoms with van der Waals surface area (Å²) < 4.78 is 18.8. The van der Waals surface area contributed by atoms with Gasteiger partial charge in [0.25, 0.3) is 11.8 Å². The van der Waals surface area contributed by atoms with Crippen LogP contribution >= 0.6 is 11.3 Å². The normalized spacial score (nSPS) is 12.8. The topological polar surface area (TPSA) is 88.6 Å². The minimum Gasteiger partial charge on any atom is -0.494 e. The molecule has 0 spiro atoms. The van der Waals surface area contributed by atoms with Gasteiger partial charge in [0.2, 0.25) is 5.91 Å². The third-order valence-electron chi connectivity index (χ3n) is 4.64. The SMILES string of the molecule is COc1ccc(-c2csc(NC(=O)CCN3C(=O)c4ccccc4C3=O)n2)cc1F. The Balaban J connectivity index is 1.37. The van der Waals surface area contributed by atoms with Crippen LogP contribution in [0.25, 0.3) is 11.3 Å². The zero-order valence-electron chi connectivity index (χ0n) is 15.8. The van der Waals surface area contributed by atoms with Gasteiger partial charge in [0.1, 0.15) is 0 Å². The van der Waals surface area contributed by atoms with Gasteiger partial charge in [0.05, 0.1) is 23.9 Å². The largest absolute Gasteiger partial charge is 0.494 e. The Morgan fingerprint density at radius 1 is 1.17 bits per heavy atom.